The average Bonchev–Trinajstić information content (AvgIpc) is 2.43. The van der Waals surface area contributed by atoms with Crippen LogP contribution in [-0.2, 0) is 4.79 Å². The third-order valence-corrected chi connectivity index (χ3v) is 3.71. The van der Waals surface area contributed by atoms with Gasteiger partial charge in [0.25, 0.3) is 0 Å². The third-order valence-electron chi connectivity index (χ3n) is 2.88. The molecule has 2 rings (SSSR count). The molecular weight excluding hydrogens is 332 g/mol. The summed E-state index contributed by atoms with van der Waals surface area (Å²) in [5, 5.41) is 2.76. The highest BCUT2D eigenvalue weighted by Gasteiger charge is 2.05. The molecule has 0 aliphatic heterocycles. The van der Waals surface area contributed by atoms with Gasteiger partial charge in [0, 0.05) is 4.47 Å². The lowest BCUT2D eigenvalue weighted by molar-refractivity contribution is -0.116. The van der Waals surface area contributed by atoms with Crippen molar-refractivity contribution in [2.75, 3.05) is 11.9 Å². The van der Waals surface area contributed by atoms with Crippen LogP contribution in [-0.4, -0.2) is 17.5 Å². The van der Waals surface area contributed by atoms with E-state index in [2.05, 4.69) is 26.2 Å². The summed E-state index contributed by atoms with van der Waals surface area (Å²) in [7, 11) is 0. The molecule has 1 aromatic heterocycles. The van der Waals surface area contributed by atoms with Crippen molar-refractivity contribution in [2.24, 2.45) is 0 Å². The molecule has 0 unspecified atom stereocenters. The quantitative estimate of drug-likeness (QED) is 0.892. The van der Waals surface area contributed by atoms with Gasteiger partial charge in [-0.3, -0.25) is 4.79 Å². The molecule has 5 heteroatoms. The fraction of sp³-hybridized carbons (Fsp3) is 0.250. The first-order valence-corrected chi connectivity index (χ1v) is 7.46. The van der Waals surface area contributed by atoms with E-state index in [0.29, 0.717) is 12.4 Å². The summed E-state index contributed by atoms with van der Waals surface area (Å²) in [6.45, 7) is 4.21. The van der Waals surface area contributed by atoms with Crippen LogP contribution in [0, 0.1) is 13.8 Å². The van der Waals surface area contributed by atoms with Crippen molar-refractivity contribution in [3.8, 4) is 5.75 Å². The Morgan fingerprint density at radius 3 is 2.81 bits per heavy atom. The zero-order chi connectivity index (χ0) is 15.2. The molecule has 0 bridgehead atoms. The number of benzene rings is 1. The van der Waals surface area contributed by atoms with E-state index in [9.17, 15) is 4.79 Å². The van der Waals surface area contributed by atoms with E-state index in [1.54, 1.807) is 6.07 Å². The van der Waals surface area contributed by atoms with Crippen molar-refractivity contribution in [3.63, 3.8) is 0 Å². The molecule has 0 radical (unpaired) electrons. The van der Waals surface area contributed by atoms with E-state index in [-0.39, 0.29) is 12.3 Å². The predicted octanol–water partition coefficient (Wildman–Crippen LogP) is 3.87. The van der Waals surface area contributed by atoms with Gasteiger partial charge in [0.05, 0.1) is 18.7 Å². The molecule has 0 aliphatic rings. The molecule has 21 heavy (non-hydrogen) atoms. The molecule has 0 fully saturated rings. The van der Waals surface area contributed by atoms with Crippen LogP contribution in [0.4, 0.5) is 5.82 Å². The number of pyridine rings is 1. The number of halogens is 1. The molecule has 2 aromatic rings. The summed E-state index contributed by atoms with van der Waals surface area (Å²) in [6, 6.07) is 11.4. The zero-order valence-electron chi connectivity index (χ0n) is 12.0. The van der Waals surface area contributed by atoms with Crippen LogP contribution in [0.5, 0.6) is 5.75 Å². The second kappa shape index (κ2) is 7.22. The van der Waals surface area contributed by atoms with Crippen LogP contribution in [0.2, 0.25) is 0 Å². The van der Waals surface area contributed by atoms with Crippen molar-refractivity contribution >= 4 is 27.7 Å². The number of rotatable bonds is 5. The first kappa shape index (κ1) is 15.5. The van der Waals surface area contributed by atoms with Crippen LogP contribution in [0.3, 0.4) is 0 Å². The van der Waals surface area contributed by atoms with Gasteiger partial charge in [-0.25, -0.2) is 4.98 Å². The van der Waals surface area contributed by atoms with Crippen molar-refractivity contribution in [1.82, 2.24) is 4.98 Å². The van der Waals surface area contributed by atoms with Crippen LogP contribution in [0.1, 0.15) is 17.7 Å². The first-order valence-electron chi connectivity index (χ1n) is 6.67. The van der Waals surface area contributed by atoms with Crippen molar-refractivity contribution in [1.29, 1.82) is 0 Å². The molecule has 0 aliphatic carbocycles. The zero-order valence-corrected chi connectivity index (χ0v) is 13.6. The summed E-state index contributed by atoms with van der Waals surface area (Å²) in [6.07, 6.45) is 0.282. The van der Waals surface area contributed by atoms with E-state index in [0.717, 1.165) is 21.5 Å². The SMILES string of the molecule is Cc1cccc(OCCC(=O)Nc2ccc(Br)c(C)n2)c1. The van der Waals surface area contributed by atoms with E-state index in [1.807, 2.05) is 44.2 Å². The maximum absolute atomic E-state index is 11.8. The average molecular weight is 349 g/mol. The minimum Gasteiger partial charge on any atom is -0.493 e. The summed E-state index contributed by atoms with van der Waals surface area (Å²) >= 11 is 3.37. The van der Waals surface area contributed by atoms with E-state index >= 15 is 0 Å². The number of aryl methyl sites for hydroxylation is 2. The molecule has 0 spiro atoms. The highest BCUT2D eigenvalue weighted by Crippen LogP contribution is 2.16. The maximum Gasteiger partial charge on any atom is 0.228 e. The Labute approximate surface area is 132 Å². The van der Waals surface area contributed by atoms with Gasteiger partial charge in [-0.05, 0) is 59.6 Å². The van der Waals surface area contributed by atoms with Crippen molar-refractivity contribution in [2.45, 2.75) is 20.3 Å². The normalized spacial score (nSPS) is 10.2. The number of carbonyl (C=O) groups is 1. The Hall–Kier alpha value is -1.88. The molecule has 1 heterocycles. The van der Waals surface area contributed by atoms with Gasteiger partial charge in [0.2, 0.25) is 5.91 Å². The molecule has 4 nitrogen and oxygen atoms in total. The minimum atomic E-state index is -0.114. The first-order chi connectivity index (χ1) is 10.0. The number of nitrogens with one attached hydrogen (secondary N) is 1. The van der Waals surface area contributed by atoms with E-state index < -0.39 is 0 Å². The molecule has 0 atom stereocenters. The fourth-order valence-corrected chi connectivity index (χ4v) is 2.01. The van der Waals surface area contributed by atoms with E-state index in [4.69, 9.17) is 4.74 Å². The molecule has 110 valence electrons. The Morgan fingerprint density at radius 1 is 1.29 bits per heavy atom. The number of hydrogen-bond donors (Lipinski definition) is 1. The number of nitrogens with zero attached hydrogens (tertiary/aromatic N) is 1. The largest absolute Gasteiger partial charge is 0.493 e. The third kappa shape index (κ3) is 4.86. The Morgan fingerprint density at radius 2 is 2.10 bits per heavy atom. The smallest absolute Gasteiger partial charge is 0.228 e. The summed E-state index contributed by atoms with van der Waals surface area (Å²) in [4.78, 5) is 16.1. The number of anilines is 1. The Bertz CT molecular complexity index is 644. The van der Waals surface area contributed by atoms with Crippen molar-refractivity contribution < 1.29 is 9.53 Å². The number of carbonyl (C=O) groups excluding carboxylic acids is 1. The molecule has 0 saturated heterocycles. The van der Waals surface area contributed by atoms with Gasteiger partial charge in [-0.1, -0.05) is 12.1 Å². The number of amides is 1. The lowest BCUT2D eigenvalue weighted by Gasteiger charge is -2.08. The summed E-state index contributed by atoms with van der Waals surface area (Å²) in [5.74, 6) is 1.22. The molecule has 1 N–H and O–H groups in total. The van der Waals surface area contributed by atoms with Gasteiger partial charge < -0.3 is 10.1 Å². The highest BCUT2D eigenvalue weighted by atomic mass is 79.9. The van der Waals surface area contributed by atoms with E-state index in [1.165, 1.54) is 0 Å². The number of hydrogen-bond acceptors (Lipinski definition) is 3. The number of aromatic nitrogens is 1. The number of ether oxygens (including phenoxy) is 1. The van der Waals surface area contributed by atoms with Gasteiger partial charge in [-0.2, -0.15) is 0 Å². The highest BCUT2D eigenvalue weighted by molar-refractivity contribution is 9.10. The second-order valence-electron chi connectivity index (χ2n) is 4.73. The van der Waals surface area contributed by atoms with Gasteiger partial charge >= 0.3 is 0 Å². The van der Waals surface area contributed by atoms with Crippen LogP contribution >= 0.6 is 15.9 Å². The van der Waals surface area contributed by atoms with Crippen molar-refractivity contribution in [3.05, 3.63) is 52.1 Å². The van der Waals surface area contributed by atoms with Crippen LogP contribution < -0.4 is 10.1 Å². The monoisotopic (exact) mass is 348 g/mol. The summed E-state index contributed by atoms with van der Waals surface area (Å²) < 4.78 is 6.47. The molecule has 1 amide bonds. The van der Waals surface area contributed by atoms with Crippen LogP contribution in [0.15, 0.2) is 40.9 Å². The van der Waals surface area contributed by atoms with Gasteiger partial charge in [0.1, 0.15) is 11.6 Å². The minimum absolute atomic E-state index is 0.114. The Balaban J connectivity index is 1.81. The molecule has 1 aromatic carbocycles. The summed E-state index contributed by atoms with van der Waals surface area (Å²) in [5.41, 5.74) is 1.97. The predicted molar refractivity (Wildman–Crippen MR) is 86.6 cm³/mol. The Kier molecular flexibility index (Phi) is 5.33. The topological polar surface area (TPSA) is 51.2 Å². The lowest BCUT2D eigenvalue weighted by Crippen LogP contribution is -2.16. The second-order valence-corrected chi connectivity index (χ2v) is 5.58. The fourth-order valence-electron chi connectivity index (χ4n) is 1.79. The lowest BCUT2D eigenvalue weighted by atomic mass is 10.2. The molecule has 0 saturated carbocycles. The maximum atomic E-state index is 11.8. The van der Waals surface area contributed by atoms with Gasteiger partial charge in [0.15, 0.2) is 0 Å². The molecular formula is C16H17BrN2O2. The standard InChI is InChI=1S/C16H17BrN2O2/c1-11-4-3-5-13(10-11)21-9-8-16(20)19-15-7-6-14(17)12(2)18-15/h3-7,10H,8-9H2,1-2H3,(H,18,19,20). The van der Waals surface area contributed by atoms with Gasteiger partial charge in [-0.15, -0.1) is 0 Å². The van der Waals surface area contributed by atoms with Crippen LogP contribution in [0.25, 0.3) is 0 Å².